The van der Waals surface area contributed by atoms with Crippen molar-refractivity contribution in [2.45, 2.75) is 65.1 Å². The van der Waals surface area contributed by atoms with Crippen molar-refractivity contribution in [3.63, 3.8) is 0 Å². The van der Waals surface area contributed by atoms with Gasteiger partial charge in [-0.15, -0.1) is 0 Å². The van der Waals surface area contributed by atoms with Crippen LogP contribution in [0.3, 0.4) is 0 Å². The van der Waals surface area contributed by atoms with Gasteiger partial charge in [-0.05, 0) is 47.5 Å². The van der Waals surface area contributed by atoms with Crippen LogP contribution in [0, 0.1) is 0 Å². The van der Waals surface area contributed by atoms with Gasteiger partial charge in [-0.1, -0.05) is 0 Å². The molecule has 1 aliphatic rings. The molecule has 0 aliphatic carbocycles. The summed E-state index contributed by atoms with van der Waals surface area (Å²) in [5, 5.41) is 0. The third-order valence-electron chi connectivity index (χ3n) is 2.73. The molecule has 0 aromatic rings. The molecule has 0 bridgehead atoms. The first-order valence-corrected chi connectivity index (χ1v) is 4.71. The average Bonchev–Trinajstić information content (AvgIpc) is 2.08. The third-order valence-corrected chi connectivity index (χ3v) is 2.73. The van der Waals surface area contributed by atoms with Gasteiger partial charge in [-0.2, -0.15) is 0 Å². The second-order valence-corrected chi connectivity index (χ2v) is 4.85. The van der Waals surface area contributed by atoms with Crippen LogP contribution in [0.25, 0.3) is 0 Å². The Morgan fingerprint density at radius 3 is 1.55 bits per heavy atom. The van der Waals surface area contributed by atoms with Crippen LogP contribution in [0.2, 0.25) is 0 Å². The highest BCUT2D eigenvalue weighted by atomic mass is 15.3. The number of nitrogens with zero attached hydrogens (tertiary/aromatic N) is 1. The van der Waals surface area contributed by atoms with Crippen LogP contribution in [0.15, 0.2) is 0 Å². The van der Waals surface area contributed by atoms with Gasteiger partial charge in [0.05, 0.1) is 0 Å². The number of hydrogen-bond acceptors (Lipinski definition) is 1. The smallest absolute Gasteiger partial charge is 0.0130 e. The summed E-state index contributed by atoms with van der Waals surface area (Å²) in [6.07, 6.45) is 2.75. The van der Waals surface area contributed by atoms with Crippen LogP contribution < -0.4 is 0 Å². The predicted molar refractivity (Wildman–Crippen MR) is 49.8 cm³/mol. The van der Waals surface area contributed by atoms with E-state index in [9.17, 15) is 0 Å². The summed E-state index contributed by atoms with van der Waals surface area (Å²) in [5.74, 6) is 0. The van der Waals surface area contributed by atoms with Gasteiger partial charge in [0.15, 0.2) is 0 Å². The van der Waals surface area contributed by atoms with Crippen molar-refractivity contribution in [1.29, 1.82) is 0 Å². The standard InChI is InChI=1S/C10H21N/c1-8-6-7-9(2)11(8)10(3,4)5/h8-9H,6-7H2,1-5H3/t8-,9-/m0/s1. The van der Waals surface area contributed by atoms with E-state index in [2.05, 4.69) is 39.5 Å². The first kappa shape index (κ1) is 9.05. The highest BCUT2D eigenvalue weighted by Crippen LogP contribution is 2.30. The van der Waals surface area contributed by atoms with Gasteiger partial charge in [0.25, 0.3) is 0 Å². The zero-order valence-electron chi connectivity index (χ0n) is 8.52. The van der Waals surface area contributed by atoms with Gasteiger partial charge in [-0.3, -0.25) is 4.90 Å². The molecule has 1 heterocycles. The van der Waals surface area contributed by atoms with Crippen molar-refractivity contribution in [1.82, 2.24) is 4.90 Å². The first-order valence-electron chi connectivity index (χ1n) is 4.71. The summed E-state index contributed by atoms with van der Waals surface area (Å²) in [7, 11) is 0. The Morgan fingerprint density at radius 1 is 1.00 bits per heavy atom. The molecule has 66 valence electrons. The van der Waals surface area contributed by atoms with E-state index in [0.717, 1.165) is 12.1 Å². The highest BCUT2D eigenvalue weighted by molar-refractivity contribution is 4.90. The zero-order chi connectivity index (χ0) is 8.65. The third kappa shape index (κ3) is 1.76. The van der Waals surface area contributed by atoms with Gasteiger partial charge >= 0.3 is 0 Å². The molecule has 0 aromatic carbocycles. The van der Waals surface area contributed by atoms with Crippen molar-refractivity contribution in [2.24, 2.45) is 0 Å². The van der Waals surface area contributed by atoms with Gasteiger partial charge in [0.2, 0.25) is 0 Å². The molecule has 0 radical (unpaired) electrons. The van der Waals surface area contributed by atoms with Crippen molar-refractivity contribution in [3.05, 3.63) is 0 Å². The quantitative estimate of drug-likeness (QED) is 0.520. The Morgan fingerprint density at radius 2 is 1.36 bits per heavy atom. The van der Waals surface area contributed by atoms with Crippen molar-refractivity contribution < 1.29 is 0 Å². The molecule has 1 heteroatoms. The van der Waals surface area contributed by atoms with Crippen molar-refractivity contribution in [2.75, 3.05) is 0 Å². The molecule has 0 N–H and O–H groups in total. The molecule has 1 fully saturated rings. The molecule has 1 saturated heterocycles. The molecule has 0 aromatic heterocycles. The second kappa shape index (κ2) is 2.78. The zero-order valence-corrected chi connectivity index (χ0v) is 8.52. The molecule has 1 aliphatic heterocycles. The maximum atomic E-state index is 2.63. The Hall–Kier alpha value is -0.0400. The van der Waals surface area contributed by atoms with Gasteiger partial charge < -0.3 is 0 Å². The fourth-order valence-electron chi connectivity index (χ4n) is 2.52. The minimum atomic E-state index is 0.356. The summed E-state index contributed by atoms with van der Waals surface area (Å²) >= 11 is 0. The minimum Gasteiger partial charge on any atom is -0.293 e. The number of rotatable bonds is 0. The van der Waals surface area contributed by atoms with E-state index in [4.69, 9.17) is 0 Å². The van der Waals surface area contributed by atoms with E-state index in [1.165, 1.54) is 12.8 Å². The van der Waals surface area contributed by atoms with Crippen LogP contribution in [0.5, 0.6) is 0 Å². The normalized spacial score (nSPS) is 34.6. The van der Waals surface area contributed by atoms with Gasteiger partial charge in [-0.25, -0.2) is 0 Å². The average molecular weight is 155 g/mol. The molecular formula is C10H21N. The molecular weight excluding hydrogens is 134 g/mol. The second-order valence-electron chi connectivity index (χ2n) is 4.85. The Balaban J connectivity index is 2.69. The van der Waals surface area contributed by atoms with Crippen molar-refractivity contribution >= 4 is 0 Å². The van der Waals surface area contributed by atoms with Gasteiger partial charge in [0, 0.05) is 17.6 Å². The number of hydrogen-bond donors (Lipinski definition) is 0. The maximum absolute atomic E-state index is 2.63. The maximum Gasteiger partial charge on any atom is 0.0130 e. The molecule has 1 nitrogen and oxygen atoms in total. The molecule has 0 unspecified atom stereocenters. The fraction of sp³-hybridized carbons (Fsp3) is 1.00. The molecule has 2 atom stereocenters. The lowest BCUT2D eigenvalue weighted by Crippen LogP contribution is -2.47. The van der Waals surface area contributed by atoms with Crippen LogP contribution >= 0.6 is 0 Å². The van der Waals surface area contributed by atoms with E-state index in [1.807, 2.05) is 0 Å². The summed E-state index contributed by atoms with van der Waals surface area (Å²) in [6.45, 7) is 11.6. The molecule has 0 amide bonds. The van der Waals surface area contributed by atoms with E-state index in [1.54, 1.807) is 0 Å². The van der Waals surface area contributed by atoms with E-state index in [-0.39, 0.29) is 0 Å². The van der Waals surface area contributed by atoms with Crippen molar-refractivity contribution in [3.8, 4) is 0 Å². The molecule has 1 rings (SSSR count). The van der Waals surface area contributed by atoms with Crippen LogP contribution in [0.4, 0.5) is 0 Å². The predicted octanol–water partition coefficient (Wildman–Crippen LogP) is 2.66. The largest absolute Gasteiger partial charge is 0.293 e. The first-order chi connectivity index (χ1) is 4.93. The highest BCUT2D eigenvalue weighted by Gasteiger charge is 2.34. The van der Waals surface area contributed by atoms with E-state index < -0.39 is 0 Å². The topological polar surface area (TPSA) is 3.24 Å². The van der Waals surface area contributed by atoms with Crippen LogP contribution in [-0.2, 0) is 0 Å². The summed E-state index contributed by atoms with van der Waals surface area (Å²) in [6, 6.07) is 1.56. The van der Waals surface area contributed by atoms with E-state index in [0.29, 0.717) is 5.54 Å². The number of likely N-dealkylation sites (tertiary alicyclic amines) is 1. The van der Waals surface area contributed by atoms with E-state index >= 15 is 0 Å². The fourth-order valence-corrected chi connectivity index (χ4v) is 2.52. The summed E-state index contributed by atoms with van der Waals surface area (Å²) < 4.78 is 0. The minimum absolute atomic E-state index is 0.356. The molecule has 11 heavy (non-hydrogen) atoms. The summed E-state index contributed by atoms with van der Waals surface area (Å²) in [5.41, 5.74) is 0.356. The lowest BCUT2D eigenvalue weighted by atomic mass is 10.0. The Labute approximate surface area is 70.8 Å². The Bertz CT molecular complexity index is 124. The molecule has 0 saturated carbocycles. The lowest BCUT2D eigenvalue weighted by molar-refractivity contribution is 0.0912. The molecule has 0 spiro atoms. The Kier molecular flexibility index (Phi) is 2.29. The summed E-state index contributed by atoms with van der Waals surface area (Å²) in [4.78, 5) is 2.63. The lowest BCUT2D eigenvalue weighted by Gasteiger charge is -2.39. The SMILES string of the molecule is C[C@H]1CC[C@H](C)N1C(C)(C)C. The van der Waals surface area contributed by atoms with Gasteiger partial charge in [0.1, 0.15) is 0 Å². The monoisotopic (exact) mass is 155 g/mol. The van der Waals surface area contributed by atoms with Crippen LogP contribution in [-0.4, -0.2) is 22.5 Å². The van der Waals surface area contributed by atoms with Crippen LogP contribution in [0.1, 0.15) is 47.5 Å².